The Bertz CT molecular complexity index is 482. The van der Waals surface area contributed by atoms with Gasteiger partial charge in [0.05, 0.1) is 12.6 Å². The van der Waals surface area contributed by atoms with Crippen molar-refractivity contribution < 1.29 is 9.53 Å². The molecule has 0 spiro atoms. The van der Waals surface area contributed by atoms with Crippen LogP contribution in [0.15, 0.2) is 24.5 Å². The van der Waals surface area contributed by atoms with Crippen LogP contribution in [0.2, 0.25) is 0 Å². The van der Waals surface area contributed by atoms with Gasteiger partial charge in [0, 0.05) is 38.1 Å². The maximum absolute atomic E-state index is 12.3. The first kappa shape index (κ1) is 16.4. The molecule has 1 atom stereocenters. The van der Waals surface area contributed by atoms with Crippen molar-refractivity contribution in [3.63, 3.8) is 0 Å². The summed E-state index contributed by atoms with van der Waals surface area (Å²) in [6, 6.07) is 4.42. The number of amides is 1. The van der Waals surface area contributed by atoms with E-state index in [0.29, 0.717) is 25.2 Å². The highest BCUT2D eigenvalue weighted by Crippen LogP contribution is 2.25. The van der Waals surface area contributed by atoms with Crippen LogP contribution in [-0.4, -0.2) is 47.6 Å². The zero-order valence-electron chi connectivity index (χ0n) is 13.7. The zero-order chi connectivity index (χ0) is 15.9. The summed E-state index contributed by atoms with van der Waals surface area (Å²) < 4.78 is 5.77. The van der Waals surface area contributed by atoms with Crippen LogP contribution in [0.4, 0.5) is 0 Å². The van der Waals surface area contributed by atoms with Crippen molar-refractivity contribution in [3.05, 3.63) is 30.1 Å². The van der Waals surface area contributed by atoms with Gasteiger partial charge >= 0.3 is 0 Å². The van der Waals surface area contributed by atoms with Gasteiger partial charge in [-0.1, -0.05) is 18.9 Å². The number of nitrogens with one attached hydrogen (secondary N) is 1. The van der Waals surface area contributed by atoms with E-state index in [1.807, 2.05) is 12.1 Å². The molecule has 2 aliphatic rings. The van der Waals surface area contributed by atoms with Crippen molar-refractivity contribution in [2.45, 2.75) is 57.2 Å². The Morgan fingerprint density at radius 3 is 2.87 bits per heavy atom. The Morgan fingerprint density at radius 2 is 2.17 bits per heavy atom. The Hall–Kier alpha value is -1.46. The van der Waals surface area contributed by atoms with Crippen LogP contribution in [0, 0.1) is 0 Å². The fourth-order valence-corrected chi connectivity index (χ4v) is 3.61. The van der Waals surface area contributed by atoms with Crippen LogP contribution < -0.4 is 5.32 Å². The van der Waals surface area contributed by atoms with Crippen LogP contribution >= 0.6 is 0 Å². The number of hydrogen-bond acceptors (Lipinski definition) is 4. The second-order valence-electron chi connectivity index (χ2n) is 6.64. The second kappa shape index (κ2) is 8.41. The second-order valence-corrected chi connectivity index (χ2v) is 6.64. The van der Waals surface area contributed by atoms with Gasteiger partial charge in [0.15, 0.2) is 0 Å². The number of hydrogen-bond donors (Lipinski definition) is 1. The lowest BCUT2D eigenvalue weighted by Gasteiger charge is -2.30. The van der Waals surface area contributed by atoms with Gasteiger partial charge in [-0.25, -0.2) is 0 Å². The van der Waals surface area contributed by atoms with E-state index < -0.39 is 0 Å². The maximum atomic E-state index is 12.3. The monoisotopic (exact) mass is 317 g/mol. The van der Waals surface area contributed by atoms with Gasteiger partial charge in [0.2, 0.25) is 5.91 Å². The van der Waals surface area contributed by atoms with Gasteiger partial charge < -0.3 is 10.1 Å². The Kier molecular flexibility index (Phi) is 6.00. The molecule has 1 N–H and O–H groups in total. The van der Waals surface area contributed by atoms with E-state index in [4.69, 9.17) is 4.74 Å². The first-order valence-corrected chi connectivity index (χ1v) is 8.82. The number of carbonyl (C=O) groups excluding carboxylic acids is 1. The number of carbonyl (C=O) groups is 1. The Labute approximate surface area is 138 Å². The summed E-state index contributed by atoms with van der Waals surface area (Å²) in [5, 5.41) is 3.02. The SMILES string of the molecule is O=C(CN(C[C@@H]1CCCO1)C1CCCC1)NCc1cccnc1. The molecule has 2 heterocycles. The number of rotatable bonds is 7. The molecule has 1 aliphatic heterocycles. The topological polar surface area (TPSA) is 54.5 Å². The van der Waals surface area contributed by atoms with E-state index >= 15 is 0 Å². The molecule has 1 aromatic rings. The lowest BCUT2D eigenvalue weighted by molar-refractivity contribution is -0.123. The zero-order valence-corrected chi connectivity index (χ0v) is 13.7. The highest BCUT2D eigenvalue weighted by Gasteiger charge is 2.28. The molecular formula is C18H27N3O2. The van der Waals surface area contributed by atoms with Crippen LogP contribution in [-0.2, 0) is 16.1 Å². The van der Waals surface area contributed by atoms with Crippen molar-refractivity contribution in [1.29, 1.82) is 0 Å². The first-order chi connectivity index (χ1) is 11.3. The van der Waals surface area contributed by atoms with Crippen LogP contribution in [0.25, 0.3) is 0 Å². The highest BCUT2D eigenvalue weighted by atomic mass is 16.5. The van der Waals surface area contributed by atoms with Gasteiger partial charge in [-0.2, -0.15) is 0 Å². The first-order valence-electron chi connectivity index (χ1n) is 8.82. The van der Waals surface area contributed by atoms with Gasteiger partial charge in [-0.15, -0.1) is 0 Å². The third-order valence-corrected chi connectivity index (χ3v) is 4.86. The normalized spacial score (nSPS) is 21.9. The number of aromatic nitrogens is 1. The summed E-state index contributed by atoms with van der Waals surface area (Å²) in [6.07, 6.45) is 11.1. The predicted octanol–water partition coefficient (Wildman–Crippen LogP) is 2.12. The predicted molar refractivity (Wildman–Crippen MR) is 88.9 cm³/mol. The highest BCUT2D eigenvalue weighted by molar-refractivity contribution is 5.78. The summed E-state index contributed by atoms with van der Waals surface area (Å²) >= 11 is 0. The quantitative estimate of drug-likeness (QED) is 0.837. The van der Waals surface area contributed by atoms with E-state index in [9.17, 15) is 4.79 Å². The molecule has 0 radical (unpaired) electrons. The lowest BCUT2D eigenvalue weighted by Crippen LogP contribution is -2.45. The molecule has 0 unspecified atom stereocenters. The van der Waals surface area contributed by atoms with Crippen molar-refractivity contribution in [2.75, 3.05) is 19.7 Å². The number of pyridine rings is 1. The van der Waals surface area contributed by atoms with Gasteiger partial charge in [0.1, 0.15) is 0 Å². The molecule has 2 fully saturated rings. The van der Waals surface area contributed by atoms with E-state index in [1.165, 1.54) is 25.7 Å². The average molecular weight is 317 g/mol. The minimum absolute atomic E-state index is 0.0961. The molecule has 126 valence electrons. The molecule has 1 aromatic heterocycles. The largest absolute Gasteiger partial charge is 0.377 e. The van der Waals surface area contributed by atoms with Crippen LogP contribution in [0.3, 0.4) is 0 Å². The van der Waals surface area contributed by atoms with Crippen molar-refractivity contribution in [2.24, 2.45) is 0 Å². The number of ether oxygens (including phenoxy) is 1. The minimum atomic E-state index is 0.0961. The van der Waals surface area contributed by atoms with E-state index in [1.54, 1.807) is 12.4 Å². The summed E-state index contributed by atoms with van der Waals surface area (Å²) in [5.74, 6) is 0.0961. The van der Waals surface area contributed by atoms with Gasteiger partial charge in [0.25, 0.3) is 0 Å². The lowest BCUT2D eigenvalue weighted by atomic mass is 10.1. The van der Waals surface area contributed by atoms with Crippen LogP contribution in [0.1, 0.15) is 44.1 Å². The standard InChI is InChI=1S/C18H27N3O2/c22-18(20-12-15-5-3-9-19-11-15)14-21(16-6-1-2-7-16)13-17-8-4-10-23-17/h3,5,9,11,16-17H,1-2,4,6-8,10,12-14H2,(H,20,22)/t17-/m0/s1. The van der Waals surface area contributed by atoms with E-state index in [2.05, 4.69) is 15.2 Å². The summed E-state index contributed by atoms with van der Waals surface area (Å²) in [5.41, 5.74) is 1.03. The molecule has 1 aliphatic carbocycles. The Balaban J connectivity index is 1.50. The van der Waals surface area contributed by atoms with Crippen molar-refractivity contribution in [1.82, 2.24) is 15.2 Å². The molecule has 0 aromatic carbocycles. The minimum Gasteiger partial charge on any atom is -0.377 e. The van der Waals surface area contributed by atoms with Gasteiger partial charge in [-0.05, 0) is 37.3 Å². The molecule has 5 nitrogen and oxygen atoms in total. The fourth-order valence-electron chi connectivity index (χ4n) is 3.61. The average Bonchev–Trinajstić information content (AvgIpc) is 3.27. The third-order valence-electron chi connectivity index (χ3n) is 4.86. The molecule has 1 saturated carbocycles. The van der Waals surface area contributed by atoms with E-state index in [-0.39, 0.29) is 5.91 Å². The van der Waals surface area contributed by atoms with Crippen molar-refractivity contribution in [3.8, 4) is 0 Å². The molecule has 23 heavy (non-hydrogen) atoms. The van der Waals surface area contributed by atoms with Gasteiger partial charge in [-0.3, -0.25) is 14.7 Å². The van der Waals surface area contributed by atoms with E-state index in [0.717, 1.165) is 31.6 Å². The maximum Gasteiger partial charge on any atom is 0.234 e. The molecule has 1 saturated heterocycles. The molecule has 0 bridgehead atoms. The molecular weight excluding hydrogens is 290 g/mol. The van der Waals surface area contributed by atoms with Crippen molar-refractivity contribution >= 4 is 5.91 Å². The van der Waals surface area contributed by atoms with Crippen LogP contribution in [0.5, 0.6) is 0 Å². The summed E-state index contributed by atoms with van der Waals surface area (Å²) in [7, 11) is 0. The summed E-state index contributed by atoms with van der Waals surface area (Å²) in [6.45, 7) is 2.79. The summed E-state index contributed by atoms with van der Waals surface area (Å²) in [4.78, 5) is 18.8. The fraction of sp³-hybridized carbons (Fsp3) is 0.667. The molecule has 1 amide bonds. The third kappa shape index (κ3) is 5.01. The molecule has 5 heteroatoms. The Morgan fingerprint density at radius 1 is 1.30 bits per heavy atom. The smallest absolute Gasteiger partial charge is 0.234 e. The molecule has 3 rings (SSSR count). The number of nitrogens with zero attached hydrogens (tertiary/aromatic N) is 2.